The maximum absolute atomic E-state index is 12.9. The Morgan fingerprint density at radius 3 is 2.65 bits per heavy atom. The first-order valence-corrected chi connectivity index (χ1v) is 9.62. The molecule has 0 spiro atoms. The van der Waals surface area contributed by atoms with Crippen LogP contribution in [0.15, 0.2) is 18.2 Å². The minimum absolute atomic E-state index is 0.0136. The summed E-state index contributed by atoms with van der Waals surface area (Å²) < 4.78 is 0. The molecule has 1 aromatic rings. The van der Waals surface area contributed by atoms with Gasteiger partial charge in [-0.3, -0.25) is 14.5 Å². The second-order valence-electron chi connectivity index (χ2n) is 8.62. The average Bonchev–Trinajstić information content (AvgIpc) is 2.75. The molecule has 1 atom stereocenters. The lowest BCUT2D eigenvalue weighted by Gasteiger charge is -2.36. The summed E-state index contributed by atoms with van der Waals surface area (Å²) in [7, 11) is 0. The molecular weight excluding hydrogens is 328 g/mol. The highest BCUT2D eigenvalue weighted by atomic mass is 16.4. The quantitative estimate of drug-likeness (QED) is 0.903. The second kappa shape index (κ2) is 7.39. The molecule has 1 aromatic carbocycles. The van der Waals surface area contributed by atoms with Gasteiger partial charge in [0.15, 0.2) is 0 Å². The number of hydrogen-bond acceptors (Lipinski definition) is 3. The minimum atomic E-state index is -0.933. The predicted molar refractivity (Wildman–Crippen MR) is 101 cm³/mol. The van der Waals surface area contributed by atoms with E-state index in [4.69, 9.17) is 5.11 Å². The van der Waals surface area contributed by atoms with Gasteiger partial charge in [-0.25, -0.2) is 0 Å². The van der Waals surface area contributed by atoms with Crippen molar-refractivity contribution in [3.8, 4) is 0 Å². The summed E-state index contributed by atoms with van der Waals surface area (Å²) in [6.07, 6.45) is 3.62. The molecular formula is C21H30N2O3. The smallest absolute Gasteiger partial charge is 0.323 e. The maximum atomic E-state index is 12.9. The van der Waals surface area contributed by atoms with Gasteiger partial charge < -0.3 is 10.0 Å². The molecule has 0 saturated carbocycles. The van der Waals surface area contributed by atoms with Gasteiger partial charge in [0, 0.05) is 19.6 Å². The Hall–Kier alpha value is -1.88. The molecule has 1 amide bonds. The summed E-state index contributed by atoms with van der Waals surface area (Å²) in [6.45, 7) is 8.65. The molecule has 0 aliphatic carbocycles. The molecule has 0 aromatic heterocycles. The SMILES string of the molecule is CC(C)(C)c1ccc2c(c1)CN(C1CCCCN(CC(=O)O)C1=O)CC2. The zero-order chi connectivity index (χ0) is 18.9. The van der Waals surface area contributed by atoms with Crippen molar-refractivity contribution in [1.29, 1.82) is 0 Å². The molecule has 0 bridgehead atoms. The van der Waals surface area contributed by atoms with Crippen LogP contribution in [0.5, 0.6) is 0 Å². The van der Waals surface area contributed by atoms with Crippen LogP contribution in [0, 0.1) is 0 Å². The number of rotatable bonds is 3. The summed E-state index contributed by atoms with van der Waals surface area (Å²) >= 11 is 0. The molecule has 5 nitrogen and oxygen atoms in total. The molecule has 0 radical (unpaired) electrons. The average molecular weight is 358 g/mol. The van der Waals surface area contributed by atoms with E-state index in [0.717, 1.165) is 38.8 Å². The Balaban J connectivity index is 1.80. The highest BCUT2D eigenvalue weighted by Crippen LogP contribution is 2.29. The van der Waals surface area contributed by atoms with Gasteiger partial charge in [0.05, 0.1) is 6.04 Å². The van der Waals surface area contributed by atoms with Crippen LogP contribution in [0.25, 0.3) is 0 Å². The van der Waals surface area contributed by atoms with Crippen molar-refractivity contribution >= 4 is 11.9 Å². The van der Waals surface area contributed by atoms with Gasteiger partial charge in [0.2, 0.25) is 5.91 Å². The Labute approximate surface area is 156 Å². The first-order valence-electron chi connectivity index (χ1n) is 9.62. The lowest BCUT2D eigenvalue weighted by atomic mass is 9.84. The molecule has 26 heavy (non-hydrogen) atoms. The van der Waals surface area contributed by atoms with Crippen LogP contribution >= 0.6 is 0 Å². The Morgan fingerprint density at radius 2 is 1.96 bits per heavy atom. The first kappa shape index (κ1) is 18.9. The van der Waals surface area contributed by atoms with Crippen LogP contribution < -0.4 is 0 Å². The molecule has 3 rings (SSSR count). The van der Waals surface area contributed by atoms with E-state index in [9.17, 15) is 9.59 Å². The maximum Gasteiger partial charge on any atom is 0.323 e. The van der Waals surface area contributed by atoms with Crippen LogP contribution in [0.4, 0.5) is 0 Å². The zero-order valence-electron chi connectivity index (χ0n) is 16.1. The number of fused-ring (bicyclic) bond motifs is 1. The molecule has 1 fully saturated rings. The number of aliphatic carboxylic acids is 1. The normalized spacial score (nSPS) is 22.0. The van der Waals surface area contributed by atoms with Crippen molar-refractivity contribution in [1.82, 2.24) is 9.80 Å². The number of carbonyl (C=O) groups is 2. The van der Waals surface area contributed by atoms with Gasteiger partial charge in [0.1, 0.15) is 6.54 Å². The van der Waals surface area contributed by atoms with Crippen molar-refractivity contribution in [3.63, 3.8) is 0 Å². The van der Waals surface area contributed by atoms with Crippen LogP contribution in [-0.2, 0) is 28.0 Å². The summed E-state index contributed by atoms with van der Waals surface area (Å²) in [4.78, 5) is 27.8. The summed E-state index contributed by atoms with van der Waals surface area (Å²) in [5, 5.41) is 9.10. The molecule has 2 aliphatic heterocycles. The van der Waals surface area contributed by atoms with Crippen LogP contribution in [0.3, 0.4) is 0 Å². The monoisotopic (exact) mass is 358 g/mol. The van der Waals surface area contributed by atoms with Crippen molar-refractivity contribution in [2.24, 2.45) is 0 Å². The van der Waals surface area contributed by atoms with Gasteiger partial charge >= 0.3 is 5.97 Å². The predicted octanol–water partition coefficient (Wildman–Crippen LogP) is 2.81. The van der Waals surface area contributed by atoms with Gasteiger partial charge in [0.25, 0.3) is 0 Å². The number of carboxylic acids is 1. The summed E-state index contributed by atoms with van der Waals surface area (Å²) in [6, 6.07) is 6.56. The fourth-order valence-corrected chi connectivity index (χ4v) is 4.06. The first-order chi connectivity index (χ1) is 12.3. The van der Waals surface area contributed by atoms with Crippen LogP contribution in [-0.4, -0.2) is 52.5 Å². The van der Waals surface area contributed by atoms with Crippen LogP contribution in [0.1, 0.15) is 56.7 Å². The summed E-state index contributed by atoms with van der Waals surface area (Å²) in [5.41, 5.74) is 4.11. The number of carbonyl (C=O) groups excluding carboxylic acids is 1. The molecule has 5 heteroatoms. The van der Waals surface area contributed by atoms with E-state index in [0.29, 0.717) is 6.54 Å². The highest BCUT2D eigenvalue weighted by molar-refractivity contribution is 5.85. The van der Waals surface area contributed by atoms with E-state index in [-0.39, 0.29) is 23.9 Å². The van der Waals surface area contributed by atoms with Gasteiger partial charge in [-0.2, -0.15) is 0 Å². The fraction of sp³-hybridized carbons (Fsp3) is 0.619. The van der Waals surface area contributed by atoms with E-state index < -0.39 is 5.97 Å². The third kappa shape index (κ3) is 4.09. The Kier molecular flexibility index (Phi) is 5.37. The summed E-state index contributed by atoms with van der Waals surface area (Å²) in [5.74, 6) is -0.946. The standard InChI is InChI=1S/C21H30N2O3/c1-21(2,3)17-8-7-15-9-11-22(13-16(15)12-17)18-6-4-5-10-23(20(18)26)14-19(24)25/h7-8,12,18H,4-6,9-11,13-14H2,1-3H3,(H,24,25). The fourth-order valence-electron chi connectivity index (χ4n) is 4.06. The van der Waals surface area contributed by atoms with Crippen molar-refractivity contribution in [2.45, 2.75) is 64.5 Å². The number of hydrogen-bond donors (Lipinski definition) is 1. The number of amides is 1. The van der Waals surface area contributed by atoms with E-state index in [1.54, 1.807) is 0 Å². The third-order valence-electron chi connectivity index (χ3n) is 5.63. The van der Waals surface area contributed by atoms with E-state index in [1.807, 2.05) is 0 Å². The van der Waals surface area contributed by atoms with E-state index in [1.165, 1.54) is 21.6 Å². The Bertz CT molecular complexity index is 693. The molecule has 142 valence electrons. The number of carboxylic acid groups (broad SMARTS) is 1. The largest absolute Gasteiger partial charge is 0.480 e. The number of likely N-dealkylation sites (tertiary alicyclic amines) is 1. The molecule has 2 aliphatic rings. The number of nitrogens with zero attached hydrogens (tertiary/aromatic N) is 2. The second-order valence-corrected chi connectivity index (χ2v) is 8.62. The molecule has 1 saturated heterocycles. The van der Waals surface area contributed by atoms with Gasteiger partial charge in [-0.05, 0) is 47.8 Å². The van der Waals surface area contributed by atoms with Gasteiger partial charge in [-0.15, -0.1) is 0 Å². The molecule has 2 heterocycles. The lowest BCUT2D eigenvalue weighted by Crippen LogP contribution is -2.50. The highest BCUT2D eigenvalue weighted by Gasteiger charge is 2.34. The topological polar surface area (TPSA) is 60.9 Å². The molecule has 1 unspecified atom stereocenters. The van der Waals surface area contributed by atoms with Gasteiger partial charge in [-0.1, -0.05) is 39.0 Å². The zero-order valence-corrected chi connectivity index (χ0v) is 16.1. The third-order valence-corrected chi connectivity index (χ3v) is 5.63. The Morgan fingerprint density at radius 1 is 1.19 bits per heavy atom. The van der Waals surface area contributed by atoms with Crippen molar-refractivity contribution < 1.29 is 14.7 Å². The van der Waals surface area contributed by atoms with Crippen molar-refractivity contribution in [3.05, 3.63) is 34.9 Å². The van der Waals surface area contributed by atoms with Crippen LogP contribution in [0.2, 0.25) is 0 Å². The van der Waals surface area contributed by atoms with E-state index in [2.05, 4.69) is 43.9 Å². The lowest BCUT2D eigenvalue weighted by molar-refractivity contribution is -0.146. The molecule has 1 N–H and O–H groups in total. The number of benzene rings is 1. The minimum Gasteiger partial charge on any atom is -0.480 e. The van der Waals surface area contributed by atoms with Crippen molar-refractivity contribution in [2.75, 3.05) is 19.6 Å². The van der Waals surface area contributed by atoms with E-state index >= 15 is 0 Å².